The number of carbonyl (C=O) groups is 1. The number of benzene rings is 4. The Kier molecular flexibility index (Phi) is 19.0. The summed E-state index contributed by atoms with van der Waals surface area (Å²) in [6, 6.07) is 30.4. The number of esters is 1. The van der Waals surface area contributed by atoms with Gasteiger partial charge in [0.1, 0.15) is 22.7 Å². The van der Waals surface area contributed by atoms with Gasteiger partial charge in [-0.15, -0.1) is 0 Å². The Bertz CT molecular complexity index is 3710. The molecule has 0 radical (unpaired) electrons. The topological polar surface area (TPSA) is 219 Å². The SMILES string of the molecule is C1CCOC1.COC(=O)c1ccccc1-c1ncc2[nH]c(=O)n(Cc3ccc(-c4nc(C)cn4C)cc3)c2n1.Cc1cn(C)c(-c2ccc(Cn3c(=O)[nH]c4cnc(-c5ccccc5C(C)(C)O)nc43)cc2)n1.[Br-].[CH3-].[Mg+2]. The number of hydrogen-bond acceptors (Lipinski definition) is 12. The van der Waals surface area contributed by atoms with Gasteiger partial charge >= 0.3 is 40.4 Å². The fourth-order valence-electron chi connectivity index (χ4n) is 8.78. The van der Waals surface area contributed by atoms with Crippen molar-refractivity contribution in [1.29, 1.82) is 0 Å². The van der Waals surface area contributed by atoms with Crippen molar-refractivity contribution in [2.45, 2.75) is 59.2 Å². The van der Waals surface area contributed by atoms with Crippen LogP contribution < -0.4 is 28.4 Å². The molecule has 11 rings (SSSR count). The van der Waals surface area contributed by atoms with E-state index >= 15 is 0 Å². The van der Waals surface area contributed by atoms with Crippen LogP contribution in [0.15, 0.2) is 131 Å². The van der Waals surface area contributed by atoms with Crippen molar-refractivity contribution in [2.24, 2.45) is 14.1 Å². The Labute approximate surface area is 466 Å². The largest absolute Gasteiger partial charge is 2.00 e. The van der Waals surface area contributed by atoms with Gasteiger partial charge in [0.25, 0.3) is 0 Å². The molecule has 7 heterocycles. The number of methoxy groups -OCH3 is 1. The number of nitrogens with zero attached hydrogens (tertiary/aromatic N) is 10. The van der Waals surface area contributed by atoms with Crippen LogP contribution in [0.2, 0.25) is 0 Å². The van der Waals surface area contributed by atoms with Gasteiger partial charge in [0.05, 0.1) is 55.1 Å². The zero-order valence-electron chi connectivity index (χ0n) is 43.8. The maximum atomic E-state index is 12.7. The van der Waals surface area contributed by atoms with Gasteiger partial charge in [-0.2, -0.15) is 0 Å². The molecule has 1 fully saturated rings. The zero-order valence-corrected chi connectivity index (χ0v) is 46.8. The summed E-state index contributed by atoms with van der Waals surface area (Å²) in [6.07, 6.45) is 9.69. The van der Waals surface area contributed by atoms with E-state index in [1.165, 1.54) is 20.0 Å². The number of fused-ring (bicyclic) bond motifs is 2. The van der Waals surface area contributed by atoms with Gasteiger partial charge in [0.15, 0.2) is 22.9 Å². The number of hydrogen-bond donors (Lipinski definition) is 3. The average molecular weight is 1100 g/mol. The second-order valence-corrected chi connectivity index (χ2v) is 18.4. The molecule has 1 aliphatic rings. The van der Waals surface area contributed by atoms with Gasteiger partial charge in [0, 0.05) is 62.0 Å². The van der Waals surface area contributed by atoms with Gasteiger partial charge < -0.3 is 58.1 Å². The standard InChI is InChI=1S/C26H26N6O2.C25H22N6O3.C4H8O.CH3.BrH.Mg/c1-16-14-31(4)23(28-16)18-11-9-17(10-12-18)15-32-24-21(29-25(32)33)13-27-22(30-24)19-7-5-6-8-20(19)26(2,3)34;1-15-13-30(2)22(27-15)17-10-8-16(9-11-17)14-31-23-20(28-25(31)33)12-26-21(29-23)18-6-4-5-7-19(18)24(32)34-3;1-2-4-5-3-1;;;/h5-14,34H,15H2,1-4H3,(H,29,33);4-13H,14H2,1-3H3,(H,28,33);1-4H2;1H3;1H;/q;;;-1;;+2/p-1. The Morgan fingerprint density at radius 2 is 1.11 bits per heavy atom. The maximum Gasteiger partial charge on any atom is 2.00 e. The molecule has 6 aromatic heterocycles. The molecule has 76 heavy (non-hydrogen) atoms. The number of aromatic nitrogens is 12. The fraction of sp³-hybridized carbons (Fsp3) is 0.250. The van der Waals surface area contributed by atoms with Crippen molar-refractivity contribution >= 4 is 51.3 Å². The summed E-state index contributed by atoms with van der Waals surface area (Å²) in [5.74, 6) is 2.10. The molecule has 0 atom stereocenters. The van der Waals surface area contributed by atoms with Gasteiger partial charge in [-0.25, -0.2) is 44.3 Å². The minimum absolute atomic E-state index is 0. The molecular formula is C56H59BrMgN12O6. The molecule has 0 spiro atoms. The molecule has 3 N–H and O–H groups in total. The van der Waals surface area contributed by atoms with E-state index in [4.69, 9.17) is 14.5 Å². The van der Waals surface area contributed by atoms with Crippen molar-refractivity contribution in [3.8, 4) is 45.6 Å². The molecule has 18 nitrogen and oxygen atoms in total. The number of rotatable bonds is 10. The number of H-pyrrole nitrogens is 2. The van der Waals surface area contributed by atoms with Crippen molar-refractivity contribution in [3.63, 3.8) is 0 Å². The van der Waals surface area contributed by atoms with E-state index in [0.29, 0.717) is 58.2 Å². The zero-order chi connectivity index (χ0) is 51.4. The third kappa shape index (κ3) is 12.8. The Hall–Kier alpha value is -7.36. The van der Waals surface area contributed by atoms with E-state index in [9.17, 15) is 19.5 Å². The van der Waals surface area contributed by atoms with Crippen LogP contribution in [-0.4, -0.2) is 113 Å². The normalized spacial score (nSPS) is 11.9. The second kappa shape index (κ2) is 25.0. The van der Waals surface area contributed by atoms with Crippen LogP contribution >= 0.6 is 0 Å². The van der Waals surface area contributed by atoms with Gasteiger partial charge in [-0.1, -0.05) is 91.0 Å². The summed E-state index contributed by atoms with van der Waals surface area (Å²) < 4.78 is 17.0. The van der Waals surface area contributed by atoms with E-state index < -0.39 is 11.6 Å². The number of imidazole rings is 4. The first-order valence-corrected chi connectivity index (χ1v) is 23.8. The molecule has 4 aromatic carbocycles. The third-order valence-electron chi connectivity index (χ3n) is 12.3. The van der Waals surface area contributed by atoms with Gasteiger partial charge in [-0.05, 0) is 63.3 Å². The number of halogens is 1. The molecule has 0 bridgehead atoms. The van der Waals surface area contributed by atoms with Crippen LogP contribution in [0.5, 0.6) is 0 Å². The molecule has 1 aliphatic heterocycles. The first-order valence-electron chi connectivity index (χ1n) is 23.8. The molecule has 0 saturated carbocycles. The monoisotopic (exact) mass is 1100 g/mol. The van der Waals surface area contributed by atoms with Crippen LogP contribution in [0.3, 0.4) is 0 Å². The molecule has 1 saturated heterocycles. The first kappa shape index (κ1) is 57.9. The summed E-state index contributed by atoms with van der Waals surface area (Å²) in [5.41, 5.74) is 8.64. The summed E-state index contributed by atoms with van der Waals surface area (Å²) in [6.45, 7) is 10.1. The molecular weight excluding hydrogens is 1040 g/mol. The smallest absolute Gasteiger partial charge is 1.00 e. The number of nitrogens with one attached hydrogen (secondary N) is 2. The predicted octanol–water partition coefficient (Wildman–Crippen LogP) is 4.97. The Morgan fingerprint density at radius 3 is 1.51 bits per heavy atom. The number of carbonyl (C=O) groups excluding carboxylic acids is 1. The van der Waals surface area contributed by atoms with Gasteiger partial charge in [0.2, 0.25) is 0 Å². The summed E-state index contributed by atoms with van der Waals surface area (Å²) in [7, 11) is 5.26. The molecule has 388 valence electrons. The Balaban J connectivity index is 0.000000218. The number of aliphatic hydroxyl groups is 1. The maximum absolute atomic E-state index is 12.7. The van der Waals surface area contributed by atoms with E-state index in [1.807, 2.05) is 122 Å². The summed E-state index contributed by atoms with van der Waals surface area (Å²) in [5, 5.41) is 10.6. The first-order chi connectivity index (χ1) is 35.1. The van der Waals surface area contributed by atoms with Crippen molar-refractivity contribution in [3.05, 3.63) is 184 Å². The molecule has 0 amide bonds. The van der Waals surface area contributed by atoms with Crippen LogP contribution in [0.1, 0.15) is 65.1 Å². The van der Waals surface area contributed by atoms with Crippen LogP contribution in [-0.2, 0) is 42.3 Å². The van der Waals surface area contributed by atoms with Crippen molar-refractivity contribution < 1.29 is 36.4 Å². The molecule has 0 aliphatic carbocycles. The van der Waals surface area contributed by atoms with Crippen LogP contribution in [0.4, 0.5) is 0 Å². The molecule has 20 heteroatoms. The van der Waals surface area contributed by atoms with Crippen LogP contribution in [0, 0.1) is 21.3 Å². The van der Waals surface area contributed by atoms with Crippen molar-refractivity contribution in [1.82, 2.24) is 58.1 Å². The number of aryl methyl sites for hydroxylation is 4. The van der Waals surface area contributed by atoms with E-state index in [2.05, 4.69) is 34.9 Å². The third-order valence-corrected chi connectivity index (χ3v) is 12.3. The summed E-state index contributed by atoms with van der Waals surface area (Å²) in [4.78, 5) is 70.5. The number of ether oxygens (including phenoxy) is 2. The average Bonchev–Trinajstić information content (AvgIpc) is 4.25. The minimum Gasteiger partial charge on any atom is -1.00 e. The summed E-state index contributed by atoms with van der Waals surface area (Å²) >= 11 is 0. The molecule has 10 aromatic rings. The second-order valence-electron chi connectivity index (χ2n) is 18.4. The fourth-order valence-corrected chi connectivity index (χ4v) is 8.78. The van der Waals surface area contributed by atoms with Gasteiger partial charge in [-0.3, -0.25) is 9.13 Å². The van der Waals surface area contributed by atoms with Crippen LogP contribution in [0.25, 0.3) is 67.9 Å². The number of aromatic amines is 2. The van der Waals surface area contributed by atoms with Crippen molar-refractivity contribution in [2.75, 3.05) is 20.3 Å². The Morgan fingerprint density at radius 1 is 0.671 bits per heavy atom. The minimum atomic E-state index is -1.06. The van der Waals surface area contributed by atoms with E-state index in [1.54, 1.807) is 59.6 Å². The quantitative estimate of drug-likeness (QED) is 0.0940. The molecule has 0 unspecified atom stereocenters. The predicted molar refractivity (Wildman–Crippen MR) is 291 cm³/mol. The van der Waals surface area contributed by atoms with E-state index in [0.717, 1.165) is 69.6 Å². The van der Waals surface area contributed by atoms with E-state index in [-0.39, 0.29) is 58.8 Å².